The summed E-state index contributed by atoms with van der Waals surface area (Å²) in [6, 6.07) is 20.8. The van der Waals surface area contributed by atoms with Gasteiger partial charge in [0.25, 0.3) is 0 Å². The molecule has 0 aliphatic rings. The zero-order valence-corrected chi connectivity index (χ0v) is 14.1. The van der Waals surface area contributed by atoms with Gasteiger partial charge in [0.15, 0.2) is 0 Å². The first kappa shape index (κ1) is 14.1. The summed E-state index contributed by atoms with van der Waals surface area (Å²) in [5.41, 5.74) is 4.44. The highest BCUT2D eigenvalue weighted by Crippen LogP contribution is 2.30. The van der Waals surface area contributed by atoms with Gasteiger partial charge in [-0.05, 0) is 35.7 Å². The fraction of sp³-hybridized carbons (Fsp3) is 0.0952. The van der Waals surface area contributed by atoms with Crippen LogP contribution in [0.15, 0.2) is 66.9 Å². The predicted molar refractivity (Wildman–Crippen MR) is 101 cm³/mol. The van der Waals surface area contributed by atoms with Crippen LogP contribution in [0.2, 0.25) is 0 Å². The third-order valence-electron chi connectivity index (χ3n) is 4.86. The number of ether oxygens (including phenoxy) is 1. The van der Waals surface area contributed by atoms with Crippen LogP contribution in [0.1, 0.15) is 0 Å². The van der Waals surface area contributed by atoms with Crippen molar-refractivity contribution in [2.24, 2.45) is 7.05 Å². The van der Waals surface area contributed by atoms with Crippen LogP contribution in [-0.4, -0.2) is 21.1 Å². The number of imidazole rings is 2. The summed E-state index contributed by atoms with van der Waals surface area (Å²) in [6.45, 7) is 0. The highest BCUT2D eigenvalue weighted by atomic mass is 16.5. The quantitative estimate of drug-likeness (QED) is 0.472. The van der Waals surface area contributed by atoms with Gasteiger partial charge in [-0.15, -0.1) is 0 Å². The molecule has 5 rings (SSSR count). The summed E-state index contributed by atoms with van der Waals surface area (Å²) in [5, 5.41) is 2.41. The third-order valence-corrected chi connectivity index (χ3v) is 4.86. The zero-order valence-electron chi connectivity index (χ0n) is 14.1. The second kappa shape index (κ2) is 5.11. The molecule has 0 amide bonds. The Morgan fingerprint density at radius 3 is 2.52 bits per heavy atom. The molecule has 0 aliphatic carbocycles. The minimum Gasteiger partial charge on any atom is -0.497 e. The molecular weight excluding hydrogens is 310 g/mol. The van der Waals surface area contributed by atoms with Gasteiger partial charge in [-0.3, -0.25) is 4.40 Å². The van der Waals surface area contributed by atoms with Gasteiger partial charge in [0.05, 0.1) is 23.8 Å². The van der Waals surface area contributed by atoms with Crippen LogP contribution in [0.5, 0.6) is 5.75 Å². The van der Waals surface area contributed by atoms with Gasteiger partial charge in [0, 0.05) is 24.2 Å². The molecule has 0 atom stereocenters. The second-order valence-electron chi connectivity index (χ2n) is 6.24. The molecule has 4 heteroatoms. The number of rotatable bonds is 2. The largest absolute Gasteiger partial charge is 0.497 e. The Morgan fingerprint density at radius 1 is 0.920 bits per heavy atom. The first-order chi connectivity index (χ1) is 12.3. The van der Waals surface area contributed by atoms with Crippen molar-refractivity contribution in [3.05, 3.63) is 66.9 Å². The smallest absolute Gasteiger partial charge is 0.215 e. The molecule has 5 aromatic rings. The summed E-state index contributed by atoms with van der Waals surface area (Å²) >= 11 is 0. The molecule has 0 unspecified atom stereocenters. The van der Waals surface area contributed by atoms with E-state index >= 15 is 0 Å². The molecule has 0 spiro atoms. The van der Waals surface area contributed by atoms with Gasteiger partial charge in [0.2, 0.25) is 5.78 Å². The first-order valence-electron chi connectivity index (χ1n) is 8.26. The van der Waals surface area contributed by atoms with E-state index in [1.54, 1.807) is 7.11 Å². The normalized spacial score (nSPS) is 11.6. The van der Waals surface area contributed by atoms with Crippen molar-refractivity contribution in [3.8, 4) is 17.0 Å². The number of aryl methyl sites for hydroxylation is 1. The molecule has 0 N–H and O–H groups in total. The first-order valence-corrected chi connectivity index (χ1v) is 8.26. The van der Waals surface area contributed by atoms with E-state index in [9.17, 15) is 0 Å². The van der Waals surface area contributed by atoms with Gasteiger partial charge in [-0.25, -0.2) is 4.98 Å². The van der Waals surface area contributed by atoms with E-state index in [4.69, 9.17) is 9.72 Å². The summed E-state index contributed by atoms with van der Waals surface area (Å²) in [6.07, 6.45) is 2.15. The van der Waals surface area contributed by atoms with Crippen molar-refractivity contribution in [3.63, 3.8) is 0 Å². The number of nitrogens with zero attached hydrogens (tertiary/aromatic N) is 3. The molecule has 0 aliphatic heterocycles. The van der Waals surface area contributed by atoms with E-state index in [-0.39, 0.29) is 0 Å². The Labute approximate surface area is 144 Å². The van der Waals surface area contributed by atoms with Crippen molar-refractivity contribution >= 4 is 27.6 Å². The number of methoxy groups -OCH3 is 1. The second-order valence-corrected chi connectivity index (χ2v) is 6.24. The van der Waals surface area contributed by atoms with E-state index in [1.165, 1.54) is 10.8 Å². The predicted octanol–water partition coefficient (Wildman–Crippen LogP) is 4.65. The SMILES string of the molecule is COc1ccc(-c2cn3c4ccc5ccccc5c4nc3n2C)cc1. The number of aromatic nitrogens is 3. The average Bonchev–Trinajstić information content (AvgIpc) is 3.19. The summed E-state index contributed by atoms with van der Waals surface area (Å²) < 4.78 is 9.56. The standard InChI is InChI=1S/C21H17N3O/c1-23-19(15-7-10-16(25-2)11-8-15)13-24-18-12-9-14-5-3-4-6-17(14)20(18)22-21(23)24/h3-13H,1-2H3. The van der Waals surface area contributed by atoms with Crippen LogP contribution < -0.4 is 4.74 Å². The Bertz CT molecular complexity index is 1230. The molecule has 4 nitrogen and oxygen atoms in total. The molecule has 0 radical (unpaired) electrons. The highest BCUT2D eigenvalue weighted by Gasteiger charge is 2.14. The van der Waals surface area contributed by atoms with Crippen molar-refractivity contribution < 1.29 is 4.74 Å². The van der Waals surface area contributed by atoms with E-state index in [0.29, 0.717) is 0 Å². The average molecular weight is 327 g/mol. The highest BCUT2D eigenvalue weighted by molar-refractivity contribution is 6.05. The summed E-state index contributed by atoms with van der Waals surface area (Å²) in [5.74, 6) is 1.80. The number of benzene rings is 3. The Balaban J connectivity index is 1.77. The maximum absolute atomic E-state index is 5.25. The Kier molecular flexibility index (Phi) is 2.88. The molecule has 0 saturated carbocycles. The lowest BCUT2D eigenvalue weighted by Crippen LogP contribution is -1.92. The van der Waals surface area contributed by atoms with Gasteiger partial charge in [-0.1, -0.05) is 30.3 Å². The lowest BCUT2D eigenvalue weighted by molar-refractivity contribution is 0.415. The van der Waals surface area contributed by atoms with Crippen LogP contribution in [-0.2, 0) is 7.05 Å². The minimum atomic E-state index is 0.861. The monoisotopic (exact) mass is 327 g/mol. The Hall–Kier alpha value is -3.27. The number of hydrogen-bond acceptors (Lipinski definition) is 2. The molecule has 3 aromatic carbocycles. The van der Waals surface area contributed by atoms with Gasteiger partial charge in [-0.2, -0.15) is 0 Å². The third kappa shape index (κ3) is 1.97. The van der Waals surface area contributed by atoms with E-state index in [1.807, 2.05) is 12.1 Å². The number of fused-ring (bicyclic) bond motifs is 5. The molecule has 2 heterocycles. The zero-order chi connectivity index (χ0) is 17.0. The van der Waals surface area contributed by atoms with Crippen LogP contribution in [0.4, 0.5) is 0 Å². The molecule has 0 fully saturated rings. The van der Waals surface area contributed by atoms with Gasteiger partial charge >= 0.3 is 0 Å². The van der Waals surface area contributed by atoms with E-state index in [0.717, 1.165) is 33.8 Å². The molecule has 0 saturated heterocycles. The van der Waals surface area contributed by atoms with E-state index < -0.39 is 0 Å². The minimum absolute atomic E-state index is 0.861. The summed E-state index contributed by atoms with van der Waals surface area (Å²) in [7, 11) is 3.74. The molecule has 0 bridgehead atoms. The molecular formula is C21H17N3O. The molecule has 25 heavy (non-hydrogen) atoms. The van der Waals surface area contributed by atoms with Crippen LogP contribution >= 0.6 is 0 Å². The van der Waals surface area contributed by atoms with Crippen LogP contribution in [0, 0.1) is 0 Å². The van der Waals surface area contributed by atoms with Gasteiger partial charge < -0.3 is 9.30 Å². The topological polar surface area (TPSA) is 31.5 Å². The number of hydrogen-bond donors (Lipinski definition) is 0. The maximum atomic E-state index is 5.25. The van der Waals surface area contributed by atoms with E-state index in [2.05, 4.69) is 70.7 Å². The lowest BCUT2D eigenvalue weighted by Gasteiger charge is -2.04. The van der Waals surface area contributed by atoms with Crippen LogP contribution in [0.25, 0.3) is 38.8 Å². The molecule has 122 valence electrons. The van der Waals surface area contributed by atoms with Crippen LogP contribution in [0.3, 0.4) is 0 Å². The van der Waals surface area contributed by atoms with Crippen molar-refractivity contribution in [1.29, 1.82) is 0 Å². The fourth-order valence-corrected chi connectivity index (χ4v) is 3.53. The van der Waals surface area contributed by atoms with Crippen molar-refractivity contribution in [2.45, 2.75) is 0 Å². The molecule has 2 aromatic heterocycles. The van der Waals surface area contributed by atoms with Crippen molar-refractivity contribution in [1.82, 2.24) is 14.0 Å². The maximum Gasteiger partial charge on any atom is 0.215 e. The summed E-state index contributed by atoms with van der Waals surface area (Å²) in [4.78, 5) is 4.92. The Morgan fingerprint density at radius 2 is 1.72 bits per heavy atom. The van der Waals surface area contributed by atoms with Gasteiger partial charge in [0.1, 0.15) is 5.75 Å². The fourth-order valence-electron chi connectivity index (χ4n) is 3.53. The lowest BCUT2D eigenvalue weighted by atomic mass is 10.1. The van der Waals surface area contributed by atoms with Crippen molar-refractivity contribution in [2.75, 3.05) is 7.11 Å².